The lowest BCUT2D eigenvalue weighted by atomic mass is 10.0. The van der Waals surface area contributed by atoms with Crippen molar-refractivity contribution in [1.82, 2.24) is 25.6 Å². The van der Waals surface area contributed by atoms with Crippen molar-refractivity contribution in [3.63, 3.8) is 0 Å². The van der Waals surface area contributed by atoms with E-state index in [1.807, 2.05) is 27.7 Å². The van der Waals surface area contributed by atoms with Crippen molar-refractivity contribution in [2.24, 2.45) is 7.05 Å². The van der Waals surface area contributed by atoms with Crippen LogP contribution in [0.4, 0.5) is 0 Å². The maximum Gasteiger partial charge on any atom is 0.270 e. The first-order chi connectivity index (χ1) is 15.3. The zero-order valence-electron chi connectivity index (χ0n) is 19.3. The molecule has 2 aromatic heterocycles. The van der Waals surface area contributed by atoms with Crippen molar-refractivity contribution in [1.29, 1.82) is 0 Å². The molecule has 0 aliphatic heterocycles. The van der Waals surface area contributed by atoms with Crippen LogP contribution in [0.2, 0.25) is 0 Å². The molecule has 0 unspecified atom stereocenters. The molecule has 2 heterocycles. The summed E-state index contributed by atoms with van der Waals surface area (Å²) >= 11 is 0. The standard InChI is InChI=1S/C23H29N5O4/c1-7-10-32-18-9-8-15(11-19(18)31-6)22(29)25-26-23(30)16-12-17(13(2)3)24-21-20(16)14(4)27-28(21)5/h8-9,11-13H,7,10H2,1-6H3,(H,25,29)(H,26,30). The Morgan fingerprint density at radius 3 is 2.50 bits per heavy atom. The molecule has 0 atom stereocenters. The Kier molecular flexibility index (Phi) is 6.97. The molecule has 170 valence electrons. The van der Waals surface area contributed by atoms with E-state index >= 15 is 0 Å². The number of ether oxygens (including phenoxy) is 2. The topological polar surface area (TPSA) is 107 Å². The number of amides is 2. The van der Waals surface area contributed by atoms with Gasteiger partial charge in [-0.25, -0.2) is 4.98 Å². The highest BCUT2D eigenvalue weighted by molar-refractivity contribution is 6.07. The number of hydrazine groups is 1. The van der Waals surface area contributed by atoms with E-state index in [1.54, 1.807) is 36.0 Å². The zero-order valence-corrected chi connectivity index (χ0v) is 19.3. The summed E-state index contributed by atoms with van der Waals surface area (Å²) in [5.41, 5.74) is 7.78. The van der Waals surface area contributed by atoms with Crippen molar-refractivity contribution < 1.29 is 19.1 Å². The molecule has 0 bridgehead atoms. The summed E-state index contributed by atoms with van der Waals surface area (Å²) in [6, 6.07) is 6.60. The molecule has 1 aromatic carbocycles. The van der Waals surface area contributed by atoms with Crippen LogP contribution in [0.3, 0.4) is 0 Å². The molecule has 0 aliphatic carbocycles. The average Bonchev–Trinajstić information content (AvgIpc) is 3.08. The van der Waals surface area contributed by atoms with E-state index in [1.165, 1.54) is 7.11 Å². The van der Waals surface area contributed by atoms with Gasteiger partial charge in [-0.1, -0.05) is 20.8 Å². The predicted octanol–water partition coefficient (Wildman–Crippen LogP) is 3.27. The number of carbonyl (C=O) groups is 2. The van der Waals surface area contributed by atoms with Gasteiger partial charge in [-0.05, 0) is 43.5 Å². The Hall–Kier alpha value is -3.62. The zero-order chi connectivity index (χ0) is 23.4. The van der Waals surface area contributed by atoms with Crippen LogP contribution in [0, 0.1) is 6.92 Å². The molecule has 9 nitrogen and oxygen atoms in total. The van der Waals surface area contributed by atoms with E-state index in [4.69, 9.17) is 9.47 Å². The van der Waals surface area contributed by atoms with E-state index in [9.17, 15) is 9.59 Å². The highest BCUT2D eigenvalue weighted by Crippen LogP contribution is 2.28. The van der Waals surface area contributed by atoms with Gasteiger partial charge >= 0.3 is 0 Å². The summed E-state index contributed by atoms with van der Waals surface area (Å²) in [6.07, 6.45) is 0.856. The normalized spacial score (nSPS) is 11.0. The first-order valence-electron chi connectivity index (χ1n) is 10.5. The Morgan fingerprint density at radius 2 is 1.84 bits per heavy atom. The van der Waals surface area contributed by atoms with Gasteiger partial charge in [-0.3, -0.25) is 25.1 Å². The number of hydrogen-bond acceptors (Lipinski definition) is 6. The molecule has 0 spiro atoms. The molecular formula is C23H29N5O4. The van der Waals surface area contributed by atoms with Crippen LogP contribution in [0.5, 0.6) is 11.5 Å². The van der Waals surface area contributed by atoms with Crippen molar-refractivity contribution in [3.8, 4) is 11.5 Å². The minimum Gasteiger partial charge on any atom is -0.493 e. The number of methoxy groups -OCH3 is 1. The second-order valence-corrected chi connectivity index (χ2v) is 7.78. The second-order valence-electron chi connectivity index (χ2n) is 7.78. The van der Waals surface area contributed by atoms with Crippen LogP contribution >= 0.6 is 0 Å². The van der Waals surface area contributed by atoms with Crippen molar-refractivity contribution in [3.05, 3.63) is 46.8 Å². The Labute approximate surface area is 187 Å². The molecule has 0 radical (unpaired) electrons. The minimum absolute atomic E-state index is 0.122. The third kappa shape index (κ3) is 4.66. The summed E-state index contributed by atoms with van der Waals surface area (Å²) in [6.45, 7) is 8.38. The van der Waals surface area contributed by atoms with E-state index in [2.05, 4.69) is 20.9 Å². The number of hydrogen-bond donors (Lipinski definition) is 2. The second kappa shape index (κ2) is 9.67. The lowest BCUT2D eigenvalue weighted by molar-refractivity contribution is 0.0847. The highest BCUT2D eigenvalue weighted by Gasteiger charge is 2.20. The molecule has 0 saturated heterocycles. The fourth-order valence-corrected chi connectivity index (χ4v) is 3.33. The van der Waals surface area contributed by atoms with Crippen molar-refractivity contribution in [2.75, 3.05) is 13.7 Å². The maximum absolute atomic E-state index is 13.0. The van der Waals surface area contributed by atoms with Gasteiger partial charge in [0.25, 0.3) is 11.8 Å². The monoisotopic (exact) mass is 439 g/mol. The summed E-state index contributed by atoms with van der Waals surface area (Å²) in [5, 5.41) is 5.04. The van der Waals surface area contributed by atoms with Crippen LogP contribution in [0.1, 0.15) is 65.2 Å². The number of fused-ring (bicyclic) bond motifs is 1. The van der Waals surface area contributed by atoms with Crippen LogP contribution in [0.25, 0.3) is 11.0 Å². The molecule has 2 amide bonds. The quantitative estimate of drug-likeness (QED) is 0.547. The van der Waals surface area contributed by atoms with Gasteiger partial charge in [0.05, 0.1) is 30.4 Å². The van der Waals surface area contributed by atoms with Gasteiger partial charge in [0, 0.05) is 18.3 Å². The number of rotatable bonds is 7. The fraction of sp³-hybridized carbons (Fsp3) is 0.391. The maximum atomic E-state index is 13.0. The lowest BCUT2D eigenvalue weighted by Gasteiger charge is -2.13. The highest BCUT2D eigenvalue weighted by atomic mass is 16.5. The van der Waals surface area contributed by atoms with E-state index in [-0.39, 0.29) is 5.92 Å². The number of aromatic nitrogens is 3. The van der Waals surface area contributed by atoms with Gasteiger partial charge in [-0.15, -0.1) is 0 Å². The largest absolute Gasteiger partial charge is 0.493 e. The van der Waals surface area contributed by atoms with Gasteiger partial charge in [0.1, 0.15) is 0 Å². The molecule has 2 N–H and O–H groups in total. The molecule has 3 aromatic rings. The van der Waals surface area contributed by atoms with Crippen LogP contribution in [-0.2, 0) is 7.05 Å². The van der Waals surface area contributed by atoms with E-state index in [0.29, 0.717) is 46.0 Å². The van der Waals surface area contributed by atoms with Gasteiger partial charge in [-0.2, -0.15) is 5.10 Å². The molecule has 32 heavy (non-hydrogen) atoms. The third-order valence-corrected chi connectivity index (χ3v) is 5.00. The minimum atomic E-state index is -0.476. The number of pyridine rings is 1. The van der Waals surface area contributed by atoms with Crippen LogP contribution in [0.15, 0.2) is 24.3 Å². The van der Waals surface area contributed by atoms with E-state index in [0.717, 1.165) is 12.1 Å². The molecule has 9 heteroatoms. The van der Waals surface area contributed by atoms with Crippen molar-refractivity contribution in [2.45, 2.75) is 40.0 Å². The molecule has 0 aliphatic rings. The predicted molar refractivity (Wildman–Crippen MR) is 121 cm³/mol. The van der Waals surface area contributed by atoms with Crippen LogP contribution < -0.4 is 20.3 Å². The SMILES string of the molecule is CCCOc1ccc(C(=O)NNC(=O)c2cc(C(C)C)nc3c2c(C)nn3C)cc1OC. The molecule has 0 fully saturated rings. The Balaban J connectivity index is 1.81. The van der Waals surface area contributed by atoms with Gasteiger partial charge < -0.3 is 9.47 Å². The summed E-state index contributed by atoms with van der Waals surface area (Å²) in [4.78, 5) is 30.3. The summed E-state index contributed by atoms with van der Waals surface area (Å²) in [7, 11) is 3.30. The lowest BCUT2D eigenvalue weighted by Crippen LogP contribution is -2.41. The number of benzene rings is 1. The smallest absolute Gasteiger partial charge is 0.270 e. The van der Waals surface area contributed by atoms with Crippen molar-refractivity contribution >= 4 is 22.8 Å². The number of nitrogens with one attached hydrogen (secondary N) is 2. The number of carbonyl (C=O) groups excluding carboxylic acids is 2. The Bertz CT molecular complexity index is 1150. The number of nitrogens with zero attached hydrogens (tertiary/aromatic N) is 3. The fourth-order valence-electron chi connectivity index (χ4n) is 3.33. The van der Waals surface area contributed by atoms with Crippen LogP contribution in [-0.4, -0.2) is 40.3 Å². The van der Waals surface area contributed by atoms with Gasteiger partial charge in [0.2, 0.25) is 0 Å². The number of aryl methyl sites for hydroxylation is 2. The average molecular weight is 440 g/mol. The summed E-state index contributed by atoms with van der Waals surface area (Å²) in [5.74, 6) is 0.203. The third-order valence-electron chi connectivity index (χ3n) is 5.00. The van der Waals surface area contributed by atoms with Gasteiger partial charge in [0.15, 0.2) is 17.1 Å². The Morgan fingerprint density at radius 1 is 1.12 bits per heavy atom. The molecular weight excluding hydrogens is 410 g/mol. The first kappa shape index (κ1) is 23.1. The molecule has 0 saturated carbocycles. The first-order valence-corrected chi connectivity index (χ1v) is 10.5. The summed E-state index contributed by atoms with van der Waals surface area (Å²) < 4.78 is 12.6. The van der Waals surface area contributed by atoms with E-state index < -0.39 is 11.8 Å². The molecule has 3 rings (SSSR count).